The van der Waals surface area contributed by atoms with Gasteiger partial charge in [0.2, 0.25) is 0 Å². The first kappa shape index (κ1) is 12.2. The fourth-order valence-electron chi connectivity index (χ4n) is 1.20. The van der Waals surface area contributed by atoms with Gasteiger partial charge in [-0.3, -0.25) is 4.79 Å². The quantitative estimate of drug-likeness (QED) is 0.759. The van der Waals surface area contributed by atoms with Crippen molar-refractivity contribution in [1.29, 1.82) is 0 Å². The Morgan fingerprint density at radius 3 is 2.31 bits per heavy atom. The van der Waals surface area contributed by atoms with E-state index in [1.165, 1.54) is 0 Å². The molecule has 0 atom stereocenters. The second-order valence-electron chi connectivity index (χ2n) is 3.00. The van der Waals surface area contributed by atoms with Gasteiger partial charge < -0.3 is 16.2 Å². The first-order valence-corrected chi connectivity index (χ1v) is 4.12. The lowest BCUT2D eigenvalue weighted by Gasteiger charge is -2.14. The summed E-state index contributed by atoms with van der Waals surface area (Å²) in [5.41, 5.74) is 8.63. The van der Waals surface area contributed by atoms with E-state index >= 15 is 0 Å². The Kier molecular flexibility index (Phi) is 2.97. The van der Waals surface area contributed by atoms with Crippen molar-refractivity contribution in [1.82, 2.24) is 0 Å². The molecular weight excluding hydrogens is 225 g/mol. The number of hydrogen-bond donors (Lipinski definition) is 2. The lowest BCUT2D eigenvalue weighted by Crippen LogP contribution is -2.16. The lowest BCUT2D eigenvalue weighted by atomic mass is 10.1. The zero-order chi connectivity index (χ0) is 12.5. The van der Waals surface area contributed by atoms with Crippen LogP contribution >= 0.6 is 0 Å². The molecule has 1 aromatic carbocycles. The molecule has 0 saturated carbocycles. The van der Waals surface area contributed by atoms with Crippen LogP contribution in [0.3, 0.4) is 0 Å². The van der Waals surface area contributed by atoms with Crippen LogP contribution in [-0.4, -0.2) is 13.0 Å². The van der Waals surface area contributed by atoms with E-state index in [0.717, 1.165) is 13.2 Å². The van der Waals surface area contributed by atoms with Crippen LogP contribution in [0.15, 0.2) is 12.1 Å². The van der Waals surface area contributed by atoms with Crippen molar-refractivity contribution in [2.75, 3.05) is 12.8 Å². The fraction of sp³-hybridized carbons (Fsp3) is 0.222. The highest BCUT2D eigenvalue weighted by Gasteiger charge is 2.35. The second kappa shape index (κ2) is 3.92. The number of methoxy groups -OCH3 is 1. The van der Waals surface area contributed by atoms with E-state index in [9.17, 15) is 18.0 Å². The molecule has 0 saturated heterocycles. The van der Waals surface area contributed by atoms with E-state index < -0.39 is 23.4 Å². The predicted octanol–water partition coefficient (Wildman–Crippen LogP) is 1.40. The number of ether oxygens (including phenoxy) is 1. The van der Waals surface area contributed by atoms with E-state index in [1.807, 2.05) is 0 Å². The standard InChI is InChI=1S/C9H9F3N2O2/c1-16-7-3-6(13)4(8(14)15)2-5(7)9(10,11)12/h2-3H,13H2,1H3,(H2,14,15). The predicted molar refractivity (Wildman–Crippen MR) is 50.9 cm³/mol. The molecule has 0 unspecified atom stereocenters. The summed E-state index contributed by atoms with van der Waals surface area (Å²) < 4.78 is 42.1. The Morgan fingerprint density at radius 2 is 1.94 bits per heavy atom. The molecule has 1 rings (SSSR count). The number of nitrogens with two attached hydrogens (primary N) is 2. The number of rotatable bonds is 2. The third-order valence-corrected chi connectivity index (χ3v) is 1.94. The molecule has 0 spiro atoms. The molecule has 1 aromatic rings. The Balaban J connectivity index is 3.47. The van der Waals surface area contributed by atoms with E-state index in [1.54, 1.807) is 0 Å². The van der Waals surface area contributed by atoms with Crippen molar-refractivity contribution >= 4 is 11.6 Å². The second-order valence-corrected chi connectivity index (χ2v) is 3.00. The van der Waals surface area contributed by atoms with E-state index in [2.05, 4.69) is 4.74 Å². The maximum atomic E-state index is 12.5. The fourth-order valence-corrected chi connectivity index (χ4v) is 1.20. The zero-order valence-corrected chi connectivity index (χ0v) is 8.26. The molecule has 0 fully saturated rings. The average molecular weight is 234 g/mol. The van der Waals surface area contributed by atoms with Crippen LogP contribution < -0.4 is 16.2 Å². The third-order valence-electron chi connectivity index (χ3n) is 1.94. The average Bonchev–Trinajstić information content (AvgIpc) is 2.14. The van der Waals surface area contributed by atoms with Gasteiger partial charge in [0.1, 0.15) is 5.75 Å². The first-order chi connectivity index (χ1) is 7.27. The maximum Gasteiger partial charge on any atom is 0.419 e. The molecular formula is C9H9F3N2O2. The summed E-state index contributed by atoms with van der Waals surface area (Å²) in [7, 11) is 1.08. The summed E-state index contributed by atoms with van der Waals surface area (Å²) in [6.07, 6.45) is -4.64. The molecule has 0 heterocycles. The van der Waals surface area contributed by atoms with Crippen molar-refractivity contribution in [3.63, 3.8) is 0 Å². The molecule has 0 aliphatic heterocycles. The number of halogens is 3. The van der Waals surface area contributed by atoms with Crippen molar-refractivity contribution in [3.8, 4) is 5.75 Å². The van der Waals surface area contributed by atoms with Gasteiger partial charge in [0.25, 0.3) is 5.91 Å². The summed E-state index contributed by atoms with van der Waals surface area (Å²) in [4.78, 5) is 10.8. The molecule has 1 amide bonds. The van der Waals surface area contributed by atoms with Crippen molar-refractivity contribution < 1.29 is 22.7 Å². The van der Waals surface area contributed by atoms with Crippen LogP contribution in [0.2, 0.25) is 0 Å². The Hall–Kier alpha value is -1.92. The Labute approximate surface area is 89.0 Å². The first-order valence-electron chi connectivity index (χ1n) is 4.12. The minimum absolute atomic E-state index is 0.155. The monoisotopic (exact) mass is 234 g/mol. The SMILES string of the molecule is COc1cc(N)c(C(N)=O)cc1C(F)(F)F. The summed E-state index contributed by atoms with van der Waals surface area (Å²) >= 11 is 0. The van der Waals surface area contributed by atoms with Gasteiger partial charge in [-0.25, -0.2) is 0 Å². The van der Waals surface area contributed by atoms with Crippen LogP contribution in [0.4, 0.5) is 18.9 Å². The van der Waals surface area contributed by atoms with Crippen LogP contribution in [0.25, 0.3) is 0 Å². The lowest BCUT2D eigenvalue weighted by molar-refractivity contribution is -0.138. The van der Waals surface area contributed by atoms with Gasteiger partial charge in [-0.2, -0.15) is 13.2 Å². The normalized spacial score (nSPS) is 11.2. The van der Waals surface area contributed by atoms with Gasteiger partial charge in [-0.1, -0.05) is 0 Å². The molecule has 0 aliphatic rings. The zero-order valence-electron chi connectivity index (χ0n) is 8.26. The number of alkyl halides is 3. The smallest absolute Gasteiger partial charge is 0.419 e. The molecule has 0 aromatic heterocycles. The van der Waals surface area contributed by atoms with Crippen molar-refractivity contribution in [2.45, 2.75) is 6.18 Å². The molecule has 0 bridgehead atoms. The van der Waals surface area contributed by atoms with Gasteiger partial charge in [0.05, 0.1) is 18.2 Å². The molecule has 16 heavy (non-hydrogen) atoms. The summed E-state index contributed by atoms with van der Waals surface area (Å²) in [6, 6.07) is 1.50. The minimum Gasteiger partial charge on any atom is -0.496 e. The molecule has 7 heteroatoms. The number of carbonyl (C=O) groups is 1. The van der Waals surface area contributed by atoms with Gasteiger partial charge in [0, 0.05) is 11.8 Å². The maximum absolute atomic E-state index is 12.5. The topological polar surface area (TPSA) is 78.3 Å². The molecule has 0 aliphatic carbocycles. The van der Waals surface area contributed by atoms with Gasteiger partial charge >= 0.3 is 6.18 Å². The highest BCUT2D eigenvalue weighted by atomic mass is 19.4. The number of benzene rings is 1. The van der Waals surface area contributed by atoms with E-state index in [4.69, 9.17) is 11.5 Å². The van der Waals surface area contributed by atoms with Gasteiger partial charge in [0.15, 0.2) is 0 Å². The Morgan fingerprint density at radius 1 is 1.38 bits per heavy atom. The summed E-state index contributed by atoms with van der Waals surface area (Å²) in [6.45, 7) is 0. The van der Waals surface area contributed by atoms with Crippen LogP contribution in [0.1, 0.15) is 15.9 Å². The number of anilines is 1. The number of primary amides is 1. The Bertz CT molecular complexity index is 429. The van der Waals surface area contributed by atoms with Crippen molar-refractivity contribution in [3.05, 3.63) is 23.3 Å². The van der Waals surface area contributed by atoms with Crippen LogP contribution in [-0.2, 0) is 6.18 Å². The van der Waals surface area contributed by atoms with Crippen molar-refractivity contribution in [2.24, 2.45) is 5.73 Å². The van der Waals surface area contributed by atoms with Gasteiger partial charge in [-0.15, -0.1) is 0 Å². The highest BCUT2D eigenvalue weighted by Crippen LogP contribution is 2.38. The molecule has 88 valence electrons. The largest absolute Gasteiger partial charge is 0.496 e. The number of hydrogen-bond acceptors (Lipinski definition) is 3. The minimum atomic E-state index is -4.64. The third kappa shape index (κ3) is 2.18. The van der Waals surface area contributed by atoms with Crippen LogP contribution in [0.5, 0.6) is 5.75 Å². The molecule has 4 nitrogen and oxygen atoms in total. The van der Waals surface area contributed by atoms with Crippen LogP contribution in [0, 0.1) is 0 Å². The summed E-state index contributed by atoms with van der Waals surface area (Å²) in [5.74, 6) is -1.47. The molecule has 0 radical (unpaired) electrons. The highest BCUT2D eigenvalue weighted by molar-refractivity contribution is 5.98. The number of nitrogen functional groups attached to an aromatic ring is 1. The number of carbonyl (C=O) groups excluding carboxylic acids is 1. The van der Waals surface area contributed by atoms with Gasteiger partial charge in [-0.05, 0) is 6.07 Å². The van der Waals surface area contributed by atoms with E-state index in [-0.39, 0.29) is 11.3 Å². The number of amides is 1. The summed E-state index contributed by atoms with van der Waals surface area (Å²) in [5, 5.41) is 0. The molecule has 4 N–H and O–H groups in total. The van der Waals surface area contributed by atoms with E-state index in [0.29, 0.717) is 6.07 Å².